The lowest BCUT2D eigenvalue weighted by atomic mass is 10.1. The van der Waals surface area contributed by atoms with Gasteiger partial charge in [-0.2, -0.15) is 0 Å². The van der Waals surface area contributed by atoms with Crippen molar-refractivity contribution in [2.24, 2.45) is 0 Å². The molecular weight excluding hydrogens is 226 g/mol. The van der Waals surface area contributed by atoms with Crippen LogP contribution in [0.2, 0.25) is 0 Å². The van der Waals surface area contributed by atoms with Gasteiger partial charge in [0, 0.05) is 24.1 Å². The van der Waals surface area contributed by atoms with Gasteiger partial charge in [0.05, 0.1) is 0 Å². The van der Waals surface area contributed by atoms with Crippen molar-refractivity contribution in [1.29, 1.82) is 0 Å². The number of nitrogens with zero attached hydrogens (tertiary/aromatic N) is 2. The van der Waals surface area contributed by atoms with E-state index in [-0.39, 0.29) is 5.91 Å². The zero-order valence-corrected chi connectivity index (χ0v) is 9.84. The second-order valence-electron chi connectivity index (χ2n) is 4.31. The highest BCUT2D eigenvalue weighted by Gasteiger charge is 2.26. The van der Waals surface area contributed by atoms with Gasteiger partial charge in [0.1, 0.15) is 5.69 Å². The van der Waals surface area contributed by atoms with E-state index in [1.807, 2.05) is 24.3 Å². The van der Waals surface area contributed by atoms with E-state index in [0.29, 0.717) is 17.9 Å². The summed E-state index contributed by atoms with van der Waals surface area (Å²) in [5, 5.41) is 0. The average molecular weight is 239 g/mol. The summed E-state index contributed by atoms with van der Waals surface area (Å²) in [6, 6.07) is 11.0. The van der Waals surface area contributed by atoms with Gasteiger partial charge in [-0.05, 0) is 36.2 Å². The maximum atomic E-state index is 12.3. The SMILES string of the molecule is Nc1ccc2c(c1)N(C(=O)c1ccccn1)CC2. The van der Waals surface area contributed by atoms with Crippen molar-refractivity contribution >= 4 is 17.3 Å². The standard InChI is InChI=1S/C14H13N3O/c15-11-5-4-10-6-8-17(13(10)9-11)14(18)12-3-1-2-7-16-12/h1-5,7,9H,6,8,15H2. The van der Waals surface area contributed by atoms with E-state index in [9.17, 15) is 4.79 Å². The number of nitrogens with two attached hydrogens (primary N) is 1. The summed E-state index contributed by atoms with van der Waals surface area (Å²) in [5.74, 6) is -0.0695. The highest BCUT2D eigenvalue weighted by Crippen LogP contribution is 2.30. The van der Waals surface area contributed by atoms with Gasteiger partial charge in [-0.3, -0.25) is 9.78 Å². The van der Waals surface area contributed by atoms with Crippen molar-refractivity contribution in [3.05, 3.63) is 53.9 Å². The summed E-state index contributed by atoms with van der Waals surface area (Å²) < 4.78 is 0. The van der Waals surface area contributed by atoms with E-state index < -0.39 is 0 Å². The Morgan fingerprint density at radius 1 is 1.28 bits per heavy atom. The predicted octanol–water partition coefficient (Wildman–Crippen LogP) is 1.87. The number of rotatable bonds is 1. The number of aromatic nitrogens is 1. The smallest absolute Gasteiger partial charge is 0.276 e. The number of pyridine rings is 1. The first-order valence-electron chi connectivity index (χ1n) is 5.87. The van der Waals surface area contributed by atoms with Gasteiger partial charge < -0.3 is 10.6 Å². The number of anilines is 2. The molecule has 0 radical (unpaired) electrons. The van der Waals surface area contributed by atoms with Crippen molar-refractivity contribution in [1.82, 2.24) is 4.98 Å². The van der Waals surface area contributed by atoms with Crippen LogP contribution in [0.25, 0.3) is 0 Å². The van der Waals surface area contributed by atoms with E-state index in [2.05, 4.69) is 4.98 Å². The monoisotopic (exact) mass is 239 g/mol. The molecule has 0 unspecified atom stereocenters. The Hall–Kier alpha value is -2.36. The van der Waals surface area contributed by atoms with Crippen molar-refractivity contribution < 1.29 is 4.79 Å². The van der Waals surface area contributed by atoms with Crippen LogP contribution in [0.1, 0.15) is 16.1 Å². The lowest BCUT2D eigenvalue weighted by Crippen LogP contribution is -2.29. The van der Waals surface area contributed by atoms with Crippen LogP contribution in [0.4, 0.5) is 11.4 Å². The molecule has 4 heteroatoms. The van der Waals surface area contributed by atoms with E-state index in [1.165, 1.54) is 0 Å². The molecule has 4 nitrogen and oxygen atoms in total. The topological polar surface area (TPSA) is 59.2 Å². The molecule has 1 aromatic heterocycles. The predicted molar refractivity (Wildman–Crippen MR) is 70.5 cm³/mol. The molecule has 1 aliphatic heterocycles. The summed E-state index contributed by atoms with van der Waals surface area (Å²) in [4.78, 5) is 18.2. The Morgan fingerprint density at radius 2 is 2.17 bits per heavy atom. The van der Waals surface area contributed by atoms with Crippen LogP contribution in [0.5, 0.6) is 0 Å². The minimum Gasteiger partial charge on any atom is -0.399 e. The number of carbonyl (C=O) groups excluding carboxylic acids is 1. The number of nitrogen functional groups attached to an aromatic ring is 1. The molecule has 2 N–H and O–H groups in total. The maximum Gasteiger partial charge on any atom is 0.276 e. The van der Waals surface area contributed by atoms with Gasteiger partial charge in [0.15, 0.2) is 0 Å². The van der Waals surface area contributed by atoms with Crippen LogP contribution in [0.15, 0.2) is 42.6 Å². The Kier molecular flexibility index (Phi) is 2.48. The summed E-state index contributed by atoms with van der Waals surface area (Å²) in [6.07, 6.45) is 2.50. The van der Waals surface area contributed by atoms with Crippen molar-refractivity contribution in [2.45, 2.75) is 6.42 Å². The number of hydrogen-bond donors (Lipinski definition) is 1. The van der Waals surface area contributed by atoms with Crippen molar-refractivity contribution in [3.8, 4) is 0 Å². The summed E-state index contributed by atoms with van der Waals surface area (Å²) in [7, 11) is 0. The number of fused-ring (bicyclic) bond motifs is 1. The fraction of sp³-hybridized carbons (Fsp3) is 0.143. The van der Waals surface area contributed by atoms with Gasteiger partial charge in [0.25, 0.3) is 5.91 Å². The van der Waals surface area contributed by atoms with Crippen molar-refractivity contribution in [2.75, 3.05) is 17.2 Å². The van der Waals surface area contributed by atoms with Crippen LogP contribution >= 0.6 is 0 Å². The van der Waals surface area contributed by atoms with E-state index in [1.54, 1.807) is 23.2 Å². The van der Waals surface area contributed by atoms with E-state index in [4.69, 9.17) is 5.73 Å². The third-order valence-corrected chi connectivity index (χ3v) is 3.13. The lowest BCUT2D eigenvalue weighted by molar-refractivity contribution is 0.0984. The number of amides is 1. The summed E-state index contributed by atoms with van der Waals surface area (Å²) in [6.45, 7) is 0.689. The third-order valence-electron chi connectivity index (χ3n) is 3.13. The van der Waals surface area contributed by atoms with Gasteiger partial charge in [0.2, 0.25) is 0 Å². The maximum absolute atomic E-state index is 12.3. The zero-order valence-electron chi connectivity index (χ0n) is 9.84. The fourth-order valence-corrected chi connectivity index (χ4v) is 2.23. The van der Waals surface area contributed by atoms with Crippen molar-refractivity contribution in [3.63, 3.8) is 0 Å². The van der Waals surface area contributed by atoms with Crippen LogP contribution in [0.3, 0.4) is 0 Å². The zero-order chi connectivity index (χ0) is 12.5. The summed E-state index contributed by atoms with van der Waals surface area (Å²) in [5.41, 5.74) is 8.99. The molecule has 1 aliphatic rings. The Labute approximate surface area is 105 Å². The highest BCUT2D eigenvalue weighted by atomic mass is 16.2. The molecule has 0 saturated heterocycles. The van der Waals surface area contributed by atoms with Gasteiger partial charge in [-0.1, -0.05) is 12.1 Å². The molecule has 3 rings (SSSR count). The molecule has 0 saturated carbocycles. The summed E-state index contributed by atoms with van der Waals surface area (Å²) >= 11 is 0. The first kappa shape index (κ1) is 10.8. The number of benzene rings is 1. The average Bonchev–Trinajstić information content (AvgIpc) is 2.82. The molecule has 0 aliphatic carbocycles. The number of hydrogen-bond acceptors (Lipinski definition) is 3. The fourth-order valence-electron chi connectivity index (χ4n) is 2.23. The molecule has 1 amide bonds. The second kappa shape index (κ2) is 4.14. The minimum absolute atomic E-state index is 0.0695. The molecular formula is C14H13N3O. The quantitative estimate of drug-likeness (QED) is 0.773. The minimum atomic E-state index is -0.0695. The van der Waals surface area contributed by atoms with Gasteiger partial charge in [-0.15, -0.1) is 0 Å². The molecule has 1 aromatic carbocycles. The van der Waals surface area contributed by atoms with Crippen LogP contribution in [-0.2, 0) is 6.42 Å². The third kappa shape index (κ3) is 1.72. The van der Waals surface area contributed by atoms with E-state index in [0.717, 1.165) is 17.7 Å². The van der Waals surface area contributed by atoms with E-state index >= 15 is 0 Å². The Balaban J connectivity index is 1.97. The lowest BCUT2D eigenvalue weighted by Gasteiger charge is -2.17. The molecule has 0 fully saturated rings. The van der Waals surface area contributed by atoms with Crippen LogP contribution in [0, 0.1) is 0 Å². The molecule has 90 valence electrons. The van der Waals surface area contributed by atoms with Gasteiger partial charge >= 0.3 is 0 Å². The second-order valence-corrected chi connectivity index (χ2v) is 4.31. The molecule has 0 bridgehead atoms. The molecule has 2 aromatic rings. The first-order valence-corrected chi connectivity index (χ1v) is 5.87. The first-order chi connectivity index (χ1) is 8.75. The Bertz CT molecular complexity index is 595. The molecule has 2 heterocycles. The largest absolute Gasteiger partial charge is 0.399 e. The normalized spacial score (nSPS) is 13.4. The van der Waals surface area contributed by atoms with Gasteiger partial charge in [-0.25, -0.2) is 0 Å². The highest BCUT2D eigenvalue weighted by molar-refractivity contribution is 6.06. The molecule has 0 spiro atoms. The van der Waals surface area contributed by atoms with Crippen LogP contribution < -0.4 is 10.6 Å². The Morgan fingerprint density at radius 3 is 2.94 bits per heavy atom. The van der Waals surface area contributed by atoms with Crippen LogP contribution in [-0.4, -0.2) is 17.4 Å². The molecule has 18 heavy (non-hydrogen) atoms. The number of carbonyl (C=O) groups is 1. The molecule has 0 atom stereocenters.